The van der Waals surface area contributed by atoms with Gasteiger partial charge in [0.1, 0.15) is 13.2 Å². The molecule has 0 aromatic carbocycles. The lowest BCUT2D eigenvalue weighted by Gasteiger charge is -2.18. The SMILES string of the molecule is CC/C=C\C/C=C\C/C=C\C/C=C\C/C=C\C/C=C\C/C=C\C/C=C\C/C=C\CCCC(=O)OCC(COC(=O)CCCC/C=C\C/C=C\C/C=C\C/C=C\CC)OC(=O)CCCCCCCCCCCCCCCCCC. The van der Waals surface area contributed by atoms with Gasteiger partial charge in [-0.25, -0.2) is 0 Å². The number of rotatable bonds is 55. The maximum atomic E-state index is 12.9. The molecule has 0 aromatic heterocycles. The van der Waals surface area contributed by atoms with Crippen molar-refractivity contribution in [2.75, 3.05) is 13.2 Å². The molecule has 0 spiro atoms. The first-order chi connectivity index (χ1) is 38.5. The summed E-state index contributed by atoms with van der Waals surface area (Å²) in [4.78, 5) is 38.2. The fourth-order valence-corrected chi connectivity index (χ4v) is 8.14. The molecule has 0 radical (unpaired) electrons. The minimum Gasteiger partial charge on any atom is -0.462 e. The summed E-state index contributed by atoms with van der Waals surface area (Å²) in [5, 5.41) is 0. The highest BCUT2D eigenvalue weighted by molar-refractivity contribution is 5.71. The Hall–Kier alpha value is -4.97. The van der Waals surface area contributed by atoms with Crippen LogP contribution in [0.25, 0.3) is 0 Å². The van der Waals surface area contributed by atoms with E-state index in [1.54, 1.807) is 0 Å². The second-order valence-corrected chi connectivity index (χ2v) is 20.2. The van der Waals surface area contributed by atoms with Crippen LogP contribution in [0.4, 0.5) is 0 Å². The maximum Gasteiger partial charge on any atom is 0.306 e. The topological polar surface area (TPSA) is 78.9 Å². The number of hydrogen-bond acceptors (Lipinski definition) is 6. The second kappa shape index (κ2) is 64.6. The summed E-state index contributed by atoms with van der Waals surface area (Å²) in [6, 6.07) is 0. The minimum atomic E-state index is -0.825. The molecule has 438 valence electrons. The molecule has 0 rings (SSSR count). The zero-order valence-corrected chi connectivity index (χ0v) is 50.1. The van der Waals surface area contributed by atoms with Crippen LogP contribution in [0.5, 0.6) is 0 Å². The quantitative estimate of drug-likeness (QED) is 0.0261. The van der Waals surface area contributed by atoms with Crippen LogP contribution in [0, 0.1) is 0 Å². The van der Waals surface area contributed by atoms with Gasteiger partial charge in [-0.3, -0.25) is 14.4 Å². The zero-order valence-electron chi connectivity index (χ0n) is 50.1. The summed E-state index contributed by atoms with van der Waals surface area (Å²) < 4.78 is 16.8. The standard InChI is InChI=1S/C72H114O6/c1-4-7-10-13-16-19-22-25-28-30-31-32-33-34-35-36-37-38-39-40-41-42-45-47-50-53-56-59-62-65-71(74)77-68-69(67-76-70(73)64-61-58-55-52-49-46-43-27-24-21-18-15-12-9-6-3)78-72(75)66-63-60-57-54-51-48-44-29-26-23-20-17-14-11-8-5-2/h7,9-10,12,16,18-19,21,25,27-28,31-32,34-35,37-38,40-41,43,45,47,49,52-53,56,69H,4-6,8,11,13-15,17,20,22-24,26,29-30,33,36,39,42,44,46,48,50-51,54-55,57-68H2,1-3H3/b10-7-,12-9-,19-16-,21-18-,28-25-,32-31-,35-34-,38-37-,41-40-,43-27-,47-45-,52-49-,56-53-. The van der Waals surface area contributed by atoms with Crippen molar-refractivity contribution in [1.29, 1.82) is 0 Å². The average Bonchev–Trinajstić information content (AvgIpc) is 3.44. The van der Waals surface area contributed by atoms with Gasteiger partial charge in [0.05, 0.1) is 0 Å². The Morgan fingerprint density at radius 3 is 0.833 bits per heavy atom. The highest BCUT2D eigenvalue weighted by Crippen LogP contribution is 2.15. The normalized spacial score (nSPS) is 13.2. The van der Waals surface area contributed by atoms with Gasteiger partial charge >= 0.3 is 17.9 Å². The van der Waals surface area contributed by atoms with E-state index in [1.807, 2.05) is 0 Å². The van der Waals surface area contributed by atoms with Crippen LogP contribution < -0.4 is 0 Å². The van der Waals surface area contributed by atoms with E-state index in [1.165, 1.54) is 83.5 Å². The van der Waals surface area contributed by atoms with Crippen molar-refractivity contribution in [3.05, 3.63) is 158 Å². The Kier molecular flexibility index (Phi) is 60.4. The van der Waals surface area contributed by atoms with Crippen LogP contribution in [-0.2, 0) is 28.6 Å². The van der Waals surface area contributed by atoms with Gasteiger partial charge in [-0.1, -0.05) is 275 Å². The molecule has 0 N–H and O–H groups in total. The number of hydrogen-bond donors (Lipinski definition) is 0. The van der Waals surface area contributed by atoms with Gasteiger partial charge in [-0.15, -0.1) is 0 Å². The van der Waals surface area contributed by atoms with Gasteiger partial charge in [0.2, 0.25) is 0 Å². The molecule has 0 saturated carbocycles. The van der Waals surface area contributed by atoms with Crippen molar-refractivity contribution >= 4 is 17.9 Å². The highest BCUT2D eigenvalue weighted by Gasteiger charge is 2.19. The van der Waals surface area contributed by atoms with Gasteiger partial charge in [0.15, 0.2) is 6.10 Å². The fraction of sp³-hybridized carbons (Fsp3) is 0.597. The molecule has 0 amide bonds. The van der Waals surface area contributed by atoms with Crippen molar-refractivity contribution in [2.24, 2.45) is 0 Å². The Balaban J connectivity index is 4.49. The lowest BCUT2D eigenvalue weighted by Crippen LogP contribution is -2.30. The van der Waals surface area contributed by atoms with Crippen molar-refractivity contribution in [3.8, 4) is 0 Å². The van der Waals surface area contributed by atoms with Crippen LogP contribution in [0.3, 0.4) is 0 Å². The number of allylic oxidation sites excluding steroid dienone is 26. The number of esters is 3. The maximum absolute atomic E-state index is 12.9. The zero-order chi connectivity index (χ0) is 56.4. The summed E-state index contributed by atoms with van der Waals surface area (Å²) >= 11 is 0. The molecule has 0 aliphatic carbocycles. The first-order valence-corrected chi connectivity index (χ1v) is 31.5. The van der Waals surface area contributed by atoms with Crippen molar-refractivity contribution in [1.82, 2.24) is 0 Å². The van der Waals surface area contributed by atoms with Crippen LogP contribution in [0.2, 0.25) is 0 Å². The average molecular weight is 1080 g/mol. The molecule has 0 bridgehead atoms. The van der Waals surface area contributed by atoms with Crippen LogP contribution >= 0.6 is 0 Å². The molecule has 78 heavy (non-hydrogen) atoms. The summed E-state index contributed by atoms with van der Waals surface area (Å²) in [5.41, 5.74) is 0. The number of carbonyl (C=O) groups is 3. The summed E-state index contributed by atoms with van der Waals surface area (Å²) in [6.45, 7) is 6.33. The molecule has 6 nitrogen and oxygen atoms in total. The van der Waals surface area contributed by atoms with E-state index in [4.69, 9.17) is 14.2 Å². The van der Waals surface area contributed by atoms with E-state index >= 15 is 0 Å². The molecule has 0 heterocycles. The molecule has 6 heteroatoms. The van der Waals surface area contributed by atoms with Crippen LogP contribution in [0.1, 0.15) is 258 Å². The van der Waals surface area contributed by atoms with Crippen molar-refractivity contribution in [2.45, 2.75) is 264 Å². The van der Waals surface area contributed by atoms with Gasteiger partial charge < -0.3 is 14.2 Å². The van der Waals surface area contributed by atoms with E-state index in [0.717, 1.165) is 122 Å². The Labute approximate surface area is 480 Å². The smallest absolute Gasteiger partial charge is 0.306 e. The molecular formula is C72H114O6. The summed E-state index contributed by atoms with van der Waals surface area (Å²) in [7, 11) is 0. The third-order valence-corrected chi connectivity index (χ3v) is 12.8. The lowest BCUT2D eigenvalue weighted by molar-refractivity contribution is -0.167. The molecule has 1 unspecified atom stereocenters. The predicted molar refractivity (Wildman–Crippen MR) is 338 cm³/mol. The Morgan fingerprint density at radius 1 is 0.269 bits per heavy atom. The molecule has 0 aromatic rings. The molecule has 1 atom stereocenters. The van der Waals surface area contributed by atoms with Gasteiger partial charge in [-0.2, -0.15) is 0 Å². The van der Waals surface area contributed by atoms with Crippen molar-refractivity contribution < 1.29 is 28.6 Å². The van der Waals surface area contributed by atoms with Crippen LogP contribution in [-0.4, -0.2) is 37.2 Å². The van der Waals surface area contributed by atoms with E-state index < -0.39 is 6.10 Å². The number of carbonyl (C=O) groups excluding carboxylic acids is 3. The van der Waals surface area contributed by atoms with E-state index in [9.17, 15) is 14.4 Å². The molecule has 0 saturated heterocycles. The minimum absolute atomic E-state index is 0.122. The second-order valence-electron chi connectivity index (χ2n) is 20.2. The molecule has 0 aliphatic rings. The Morgan fingerprint density at radius 2 is 0.513 bits per heavy atom. The third-order valence-electron chi connectivity index (χ3n) is 12.8. The third kappa shape index (κ3) is 61.9. The van der Waals surface area contributed by atoms with E-state index in [0.29, 0.717) is 25.7 Å². The summed E-state index contributed by atoms with van der Waals surface area (Å²) in [5.74, 6) is -1.02. The largest absolute Gasteiger partial charge is 0.462 e. The van der Waals surface area contributed by atoms with Crippen molar-refractivity contribution in [3.63, 3.8) is 0 Å². The van der Waals surface area contributed by atoms with Gasteiger partial charge in [0.25, 0.3) is 0 Å². The number of unbranched alkanes of at least 4 members (excludes halogenated alkanes) is 18. The Bertz CT molecular complexity index is 1760. The highest BCUT2D eigenvalue weighted by atomic mass is 16.6. The van der Waals surface area contributed by atoms with E-state index in [-0.39, 0.29) is 37.5 Å². The first kappa shape index (κ1) is 73.0. The first-order valence-electron chi connectivity index (χ1n) is 31.5. The molecule has 0 aliphatic heterocycles. The monoisotopic (exact) mass is 1070 g/mol. The molecule has 0 fully saturated rings. The van der Waals surface area contributed by atoms with Crippen LogP contribution in [0.15, 0.2) is 158 Å². The lowest BCUT2D eigenvalue weighted by atomic mass is 10.0. The van der Waals surface area contributed by atoms with Gasteiger partial charge in [0, 0.05) is 19.3 Å². The predicted octanol–water partition coefficient (Wildman–Crippen LogP) is 21.7. The molecular weight excluding hydrogens is 961 g/mol. The summed E-state index contributed by atoms with van der Waals surface area (Å²) in [6.07, 6.45) is 94.0. The van der Waals surface area contributed by atoms with E-state index in [2.05, 4.69) is 179 Å². The fourth-order valence-electron chi connectivity index (χ4n) is 8.14. The number of ether oxygens (including phenoxy) is 3. The van der Waals surface area contributed by atoms with Gasteiger partial charge in [-0.05, 0) is 122 Å².